The predicted octanol–water partition coefficient (Wildman–Crippen LogP) is 2.68. The number of nitrogens with zero attached hydrogens (tertiary/aromatic N) is 1. The summed E-state index contributed by atoms with van der Waals surface area (Å²) in [6.45, 7) is 9.55. The molecule has 1 aromatic carbocycles. The van der Waals surface area contributed by atoms with E-state index < -0.39 is 0 Å². The number of aryl methyl sites for hydroxylation is 1. The molecule has 0 saturated heterocycles. The standard InChI is InChI=1S/C17H26ClN3O2/c1-5-21(10-16(22)19-9-12(2)3)11-17(23)20-15-8-14(18)7-6-13(15)4/h6-8,12H,5,9-11H2,1-4H3,(H,19,22)(H,20,23). The van der Waals surface area contributed by atoms with E-state index in [2.05, 4.69) is 10.6 Å². The van der Waals surface area contributed by atoms with Crippen LogP contribution in [-0.4, -0.2) is 42.9 Å². The van der Waals surface area contributed by atoms with Gasteiger partial charge in [0.05, 0.1) is 13.1 Å². The molecule has 0 spiro atoms. The number of benzene rings is 1. The third kappa shape index (κ3) is 7.48. The average molecular weight is 340 g/mol. The van der Waals surface area contributed by atoms with Crippen LogP contribution in [0.2, 0.25) is 5.02 Å². The fourth-order valence-corrected chi connectivity index (χ4v) is 2.15. The molecule has 23 heavy (non-hydrogen) atoms. The molecule has 0 aliphatic heterocycles. The summed E-state index contributed by atoms with van der Waals surface area (Å²) >= 11 is 5.95. The first kappa shape index (κ1) is 19.5. The Hall–Kier alpha value is -1.59. The molecule has 2 N–H and O–H groups in total. The molecule has 1 aromatic rings. The van der Waals surface area contributed by atoms with Gasteiger partial charge in [-0.25, -0.2) is 0 Å². The molecule has 1 rings (SSSR count). The van der Waals surface area contributed by atoms with Crippen molar-refractivity contribution in [2.45, 2.75) is 27.7 Å². The van der Waals surface area contributed by atoms with Crippen molar-refractivity contribution < 1.29 is 9.59 Å². The molecule has 0 saturated carbocycles. The van der Waals surface area contributed by atoms with Crippen LogP contribution in [0.1, 0.15) is 26.3 Å². The van der Waals surface area contributed by atoms with Gasteiger partial charge in [-0.2, -0.15) is 0 Å². The quantitative estimate of drug-likeness (QED) is 0.765. The summed E-state index contributed by atoms with van der Waals surface area (Å²) in [4.78, 5) is 25.8. The lowest BCUT2D eigenvalue weighted by Crippen LogP contribution is -2.41. The van der Waals surface area contributed by atoms with Crippen LogP contribution >= 0.6 is 11.6 Å². The molecule has 2 amide bonds. The lowest BCUT2D eigenvalue weighted by Gasteiger charge is -2.20. The number of likely N-dealkylation sites (N-methyl/N-ethyl adjacent to an activating group) is 1. The number of rotatable bonds is 8. The normalized spacial score (nSPS) is 10.9. The van der Waals surface area contributed by atoms with Crippen LogP contribution in [0.4, 0.5) is 5.69 Å². The Labute approximate surface area is 143 Å². The lowest BCUT2D eigenvalue weighted by molar-refractivity contribution is -0.123. The third-order valence-corrected chi connectivity index (χ3v) is 3.60. The molecule has 0 unspecified atom stereocenters. The second-order valence-corrected chi connectivity index (χ2v) is 6.45. The van der Waals surface area contributed by atoms with Crippen LogP contribution in [0.5, 0.6) is 0 Å². The number of nitrogens with one attached hydrogen (secondary N) is 2. The third-order valence-electron chi connectivity index (χ3n) is 3.36. The van der Waals surface area contributed by atoms with E-state index in [1.807, 2.05) is 33.8 Å². The van der Waals surface area contributed by atoms with Crippen molar-refractivity contribution in [2.24, 2.45) is 5.92 Å². The Balaban J connectivity index is 2.53. The highest BCUT2D eigenvalue weighted by atomic mass is 35.5. The van der Waals surface area contributed by atoms with Gasteiger partial charge >= 0.3 is 0 Å². The van der Waals surface area contributed by atoms with Crippen molar-refractivity contribution in [3.8, 4) is 0 Å². The van der Waals surface area contributed by atoms with Gasteiger partial charge < -0.3 is 10.6 Å². The first-order chi connectivity index (χ1) is 10.8. The number of anilines is 1. The van der Waals surface area contributed by atoms with E-state index in [-0.39, 0.29) is 24.9 Å². The summed E-state index contributed by atoms with van der Waals surface area (Å²) in [5.41, 5.74) is 1.64. The van der Waals surface area contributed by atoms with Gasteiger partial charge in [-0.05, 0) is 37.1 Å². The van der Waals surface area contributed by atoms with E-state index in [4.69, 9.17) is 11.6 Å². The summed E-state index contributed by atoms with van der Waals surface area (Å²) in [5, 5.41) is 6.27. The molecule has 0 aromatic heterocycles. The van der Waals surface area contributed by atoms with Crippen LogP contribution in [0, 0.1) is 12.8 Å². The highest BCUT2D eigenvalue weighted by molar-refractivity contribution is 6.31. The van der Waals surface area contributed by atoms with Gasteiger partial charge in [-0.1, -0.05) is 38.4 Å². The number of hydrogen-bond donors (Lipinski definition) is 2. The van der Waals surface area contributed by atoms with Crippen molar-refractivity contribution in [2.75, 3.05) is 31.5 Å². The largest absolute Gasteiger partial charge is 0.355 e. The Morgan fingerprint density at radius 2 is 1.87 bits per heavy atom. The van der Waals surface area contributed by atoms with E-state index >= 15 is 0 Å². The zero-order valence-electron chi connectivity index (χ0n) is 14.3. The molecule has 0 fully saturated rings. The average Bonchev–Trinajstić information content (AvgIpc) is 2.48. The molecule has 0 radical (unpaired) electrons. The van der Waals surface area contributed by atoms with Crippen LogP contribution in [-0.2, 0) is 9.59 Å². The van der Waals surface area contributed by atoms with Gasteiger partial charge in [-0.15, -0.1) is 0 Å². The minimum absolute atomic E-state index is 0.0627. The molecular formula is C17H26ClN3O2. The minimum Gasteiger partial charge on any atom is -0.355 e. The Morgan fingerprint density at radius 1 is 1.22 bits per heavy atom. The maximum atomic E-state index is 12.2. The van der Waals surface area contributed by atoms with Gasteiger partial charge in [0.25, 0.3) is 0 Å². The van der Waals surface area contributed by atoms with Crippen LogP contribution in [0.3, 0.4) is 0 Å². The molecular weight excluding hydrogens is 314 g/mol. The number of amides is 2. The minimum atomic E-state index is -0.158. The van der Waals surface area contributed by atoms with E-state index in [1.165, 1.54) is 0 Å². The van der Waals surface area contributed by atoms with E-state index in [0.717, 1.165) is 5.56 Å². The zero-order chi connectivity index (χ0) is 17.4. The van der Waals surface area contributed by atoms with E-state index in [0.29, 0.717) is 29.7 Å². The molecule has 0 bridgehead atoms. The number of carbonyl (C=O) groups excluding carboxylic acids is 2. The maximum absolute atomic E-state index is 12.2. The van der Waals surface area contributed by atoms with Crippen LogP contribution in [0.15, 0.2) is 18.2 Å². The van der Waals surface area contributed by atoms with Gasteiger partial charge in [0.2, 0.25) is 11.8 Å². The van der Waals surface area contributed by atoms with Gasteiger partial charge in [-0.3, -0.25) is 14.5 Å². The van der Waals surface area contributed by atoms with E-state index in [9.17, 15) is 9.59 Å². The maximum Gasteiger partial charge on any atom is 0.238 e. The highest BCUT2D eigenvalue weighted by Gasteiger charge is 2.14. The second-order valence-electron chi connectivity index (χ2n) is 6.01. The van der Waals surface area contributed by atoms with E-state index in [1.54, 1.807) is 17.0 Å². The molecule has 128 valence electrons. The van der Waals surface area contributed by atoms with Crippen molar-refractivity contribution in [1.82, 2.24) is 10.2 Å². The summed E-state index contributed by atoms with van der Waals surface area (Å²) in [5.74, 6) is 0.185. The topological polar surface area (TPSA) is 61.4 Å². The van der Waals surface area contributed by atoms with Crippen LogP contribution < -0.4 is 10.6 Å². The lowest BCUT2D eigenvalue weighted by atomic mass is 10.2. The molecule has 0 atom stereocenters. The summed E-state index contributed by atoms with van der Waals surface area (Å²) in [7, 11) is 0. The Bertz CT molecular complexity index is 547. The monoisotopic (exact) mass is 339 g/mol. The Morgan fingerprint density at radius 3 is 2.48 bits per heavy atom. The van der Waals surface area contributed by atoms with Gasteiger partial charge in [0.15, 0.2) is 0 Å². The van der Waals surface area contributed by atoms with Crippen molar-refractivity contribution in [1.29, 1.82) is 0 Å². The number of carbonyl (C=O) groups is 2. The van der Waals surface area contributed by atoms with Crippen molar-refractivity contribution in [3.05, 3.63) is 28.8 Å². The smallest absolute Gasteiger partial charge is 0.238 e. The summed E-state index contributed by atoms with van der Waals surface area (Å²) in [6.07, 6.45) is 0. The fraction of sp³-hybridized carbons (Fsp3) is 0.529. The first-order valence-corrected chi connectivity index (χ1v) is 8.24. The highest BCUT2D eigenvalue weighted by Crippen LogP contribution is 2.20. The van der Waals surface area contributed by atoms with Gasteiger partial charge in [0, 0.05) is 17.3 Å². The second kappa shape index (κ2) is 9.53. The summed E-state index contributed by atoms with van der Waals surface area (Å²) < 4.78 is 0. The molecule has 0 heterocycles. The molecule has 0 aliphatic carbocycles. The molecule has 6 heteroatoms. The van der Waals surface area contributed by atoms with Crippen LogP contribution in [0.25, 0.3) is 0 Å². The Kier molecular flexibility index (Phi) is 8.06. The predicted molar refractivity (Wildman–Crippen MR) is 94.8 cm³/mol. The first-order valence-electron chi connectivity index (χ1n) is 7.86. The summed E-state index contributed by atoms with van der Waals surface area (Å²) in [6, 6.07) is 5.36. The fourth-order valence-electron chi connectivity index (χ4n) is 1.98. The number of hydrogen-bond acceptors (Lipinski definition) is 3. The van der Waals surface area contributed by atoms with Crippen molar-refractivity contribution >= 4 is 29.1 Å². The molecule has 5 nitrogen and oxygen atoms in total. The SMILES string of the molecule is CCN(CC(=O)NCC(C)C)CC(=O)Nc1cc(Cl)ccc1C. The van der Waals surface area contributed by atoms with Gasteiger partial charge in [0.1, 0.15) is 0 Å². The zero-order valence-corrected chi connectivity index (χ0v) is 15.0. The molecule has 0 aliphatic rings. The number of halogens is 1. The van der Waals surface area contributed by atoms with Crippen molar-refractivity contribution in [3.63, 3.8) is 0 Å².